The fraction of sp³-hybridized carbons (Fsp3) is 0.348. The number of amides is 3. The van der Waals surface area contributed by atoms with Crippen molar-refractivity contribution >= 4 is 23.4 Å². The summed E-state index contributed by atoms with van der Waals surface area (Å²) in [6.45, 7) is 3.40. The molecule has 0 spiro atoms. The zero-order chi connectivity index (χ0) is 20.6. The van der Waals surface area contributed by atoms with E-state index in [0.717, 1.165) is 5.56 Å². The topological polar surface area (TPSA) is 78.5 Å². The minimum atomic E-state index is -0.0862. The monoisotopic (exact) mass is 393 g/mol. The highest BCUT2D eigenvalue weighted by molar-refractivity contribution is 5.97. The summed E-state index contributed by atoms with van der Waals surface area (Å²) in [5, 5.41) is 5.77. The van der Waals surface area contributed by atoms with Gasteiger partial charge in [-0.1, -0.05) is 43.3 Å². The summed E-state index contributed by atoms with van der Waals surface area (Å²) in [4.78, 5) is 38.6. The van der Waals surface area contributed by atoms with Crippen LogP contribution in [0.1, 0.15) is 42.1 Å². The summed E-state index contributed by atoms with van der Waals surface area (Å²) in [6.07, 6.45) is 1.69. The van der Waals surface area contributed by atoms with E-state index in [1.807, 2.05) is 30.3 Å². The highest BCUT2D eigenvalue weighted by Crippen LogP contribution is 2.21. The standard InChI is InChI=1S/C23H27N3O3/c1-2-21(27)25-20-10-6-9-19(15-20)23(29)26-13-11-18(12-14-26)22(28)24-16-17-7-4-3-5-8-17/h3-10,15,18H,2,11-14,16H2,1H3,(H,24,28)(H,25,27). The number of likely N-dealkylation sites (tertiary alicyclic amines) is 1. The van der Waals surface area contributed by atoms with Crippen LogP contribution in [-0.2, 0) is 16.1 Å². The number of carbonyl (C=O) groups is 3. The molecule has 0 aliphatic carbocycles. The highest BCUT2D eigenvalue weighted by atomic mass is 16.2. The van der Waals surface area contributed by atoms with Gasteiger partial charge in [0.05, 0.1) is 0 Å². The molecule has 152 valence electrons. The molecule has 1 fully saturated rings. The second-order valence-corrected chi connectivity index (χ2v) is 7.25. The second kappa shape index (κ2) is 9.87. The van der Waals surface area contributed by atoms with Crippen LogP contribution in [0.3, 0.4) is 0 Å². The van der Waals surface area contributed by atoms with Crippen LogP contribution in [0.2, 0.25) is 0 Å². The van der Waals surface area contributed by atoms with Crippen molar-refractivity contribution in [2.45, 2.75) is 32.7 Å². The van der Waals surface area contributed by atoms with Crippen LogP contribution in [0.15, 0.2) is 54.6 Å². The largest absolute Gasteiger partial charge is 0.352 e. The normalized spacial score (nSPS) is 14.3. The Morgan fingerprint density at radius 2 is 1.72 bits per heavy atom. The van der Waals surface area contributed by atoms with Crippen LogP contribution < -0.4 is 10.6 Å². The molecule has 0 saturated carbocycles. The summed E-state index contributed by atoms with van der Waals surface area (Å²) in [5.41, 5.74) is 2.24. The van der Waals surface area contributed by atoms with Crippen molar-refractivity contribution < 1.29 is 14.4 Å². The summed E-state index contributed by atoms with van der Waals surface area (Å²) in [6, 6.07) is 16.8. The number of hydrogen-bond donors (Lipinski definition) is 2. The van der Waals surface area contributed by atoms with Crippen LogP contribution in [0.25, 0.3) is 0 Å². The first-order chi connectivity index (χ1) is 14.1. The summed E-state index contributed by atoms with van der Waals surface area (Å²) in [5.74, 6) is -0.180. The van der Waals surface area contributed by atoms with Crippen molar-refractivity contribution in [2.75, 3.05) is 18.4 Å². The maximum atomic E-state index is 12.8. The minimum absolute atomic E-state index is 0.0465. The molecule has 2 aromatic carbocycles. The van der Waals surface area contributed by atoms with Crippen LogP contribution in [0.5, 0.6) is 0 Å². The first kappa shape index (κ1) is 20.6. The van der Waals surface area contributed by atoms with E-state index in [9.17, 15) is 14.4 Å². The molecule has 0 unspecified atom stereocenters. The average Bonchev–Trinajstić information content (AvgIpc) is 2.78. The Hall–Kier alpha value is -3.15. The molecular weight excluding hydrogens is 366 g/mol. The molecule has 3 rings (SSSR count). The summed E-state index contributed by atoms with van der Waals surface area (Å²) >= 11 is 0. The number of hydrogen-bond acceptors (Lipinski definition) is 3. The fourth-order valence-electron chi connectivity index (χ4n) is 3.44. The van der Waals surface area contributed by atoms with Gasteiger partial charge in [-0.15, -0.1) is 0 Å². The summed E-state index contributed by atoms with van der Waals surface area (Å²) < 4.78 is 0. The van der Waals surface area contributed by atoms with Crippen molar-refractivity contribution in [3.63, 3.8) is 0 Å². The third-order valence-corrected chi connectivity index (χ3v) is 5.18. The van der Waals surface area contributed by atoms with Gasteiger partial charge in [0.15, 0.2) is 0 Å². The van der Waals surface area contributed by atoms with Crippen molar-refractivity contribution in [1.29, 1.82) is 0 Å². The van der Waals surface area contributed by atoms with E-state index in [0.29, 0.717) is 50.1 Å². The SMILES string of the molecule is CCC(=O)Nc1cccc(C(=O)N2CCC(C(=O)NCc3ccccc3)CC2)c1. The number of nitrogens with zero attached hydrogens (tertiary/aromatic N) is 1. The Morgan fingerprint density at radius 3 is 2.41 bits per heavy atom. The van der Waals surface area contributed by atoms with Gasteiger partial charge in [0.25, 0.3) is 5.91 Å². The lowest BCUT2D eigenvalue weighted by atomic mass is 9.95. The molecule has 2 N–H and O–H groups in total. The zero-order valence-corrected chi connectivity index (χ0v) is 16.7. The fourth-order valence-corrected chi connectivity index (χ4v) is 3.44. The van der Waals surface area contributed by atoms with E-state index in [-0.39, 0.29) is 23.6 Å². The Kier molecular flexibility index (Phi) is 7.00. The molecule has 0 aromatic heterocycles. The highest BCUT2D eigenvalue weighted by Gasteiger charge is 2.27. The van der Waals surface area contributed by atoms with Gasteiger partial charge in [0, 0.05) is 43.2 Å². The molecule has 6 nitrogen and oxygen atoms in total. The van der Waals surface area contributed by atoms with Gasteiger partial charge in [0.2, 0.25) is 11.8 Å². The molecule has 1 aliphatic heterocycles. The molecular formula is C23H27N3O3. The van der Waals surface area contributed by atoms with Gasteiger partial charge < -0.3 is 15.5 Å². The van der Waals surface area contributed by atoms with E-state index in [2.05, 4.69) is 10.6 Å². The lowest BCUT2D eigenvalue weighted by Crippen LogP contribution is -2.42. The van der Waals surface area contributed by atoms with E-state index < -0.39 is 0 Å². The van der Waals surface area contributed by atoms with Crippen molar-refractivity contribution in [2.24, 2.45) is 5.92 Å². The number of carbonyl (C=O) groups excluding carboxylic acids is 3. The predicted octanol–water partition coefficient (Wildman–Crippen LogP) is 3.20. The van der Waals surface area contributed by atoms with Gasteiger partial charge in [-0.2, -0.15) is 0 Å². The van der Waals surface area contributed by atoms with Gasteiger partial charge in [-0.3, -0.25) is 14.4 Å². The number of nitrogens with one attached hydrogen (secondary N) is 2. The van der Waals surface area contributed by atoms with Crippen LogP contribution in [0, 0.1) is 5.92 Å². The number of rotatable bonds is 6. The van der Waals surface area contributed by atoms with Gasteiger partial charge in [-0.05, 0) is 36.6 Å². The maximum absolute atomic E-state index is 12.8. The molecule has 0 bridgehead atoms. The number of piperidine rings is 1. The Balaban J connectivity index is 1.51. The van der Waals surface area contributed by atoms with E-state index in [1.54, 1.807) is 36.1 Å². The van der Waals surface area contributed by atoms with Gasteiger partial charge in [0.1, 0.15) is 0 Å². The van der Waals surface area contributed by atoms with Crippen molar-refractivity contribution in [3.8, 4) is 0 Å². The molecule has 1 saturated heterocycles. The molecule has 0 radical (unpaired) electrons. The smallest absolute Gasteiger partial charge is 0.253 e. The van der Waals surface area contributed by atoms with E-state index in [4.69, 9.17) is 0 Å². The lowest BCUT2D eigenvalue weighted by molar-refractivity contribution is -0.126. The molecule has 2 aromatic rings. The Labute approximate surface area is 171 Å². The molecule has 6 heteroatoms. The summed E-state index contributed by atoms with van der Waals surface area (Å²) in [7, 11) is 0. The molecule has 0 atom stereocenters. The first-order valence-electron chi connectivity index (χ1n) is 10.1. The number of anilines is 1. The third-order valence-electron chi connectivity index (χ3n) is 5.18. The van der Waals surface area contributed by atoms with Crippen LogP contribution in [0.4, 0.5) is 5.69 Å². The van der Waals surface area contributed by atoms with Crippen molar-refractivity contribution in [3.05, 3.63) is 65.7 Å². The molecule has 1 aliphatic rings. The molecule has 3 amide bonds. The van der Waals surface area contributed by atoms with Gasteiger partial charge in [-0.25, -0.2) is 0 Å². The van der Waals surface area contributed by atoms with Crippen molar-refractivity contribution in [1.82, 2.24) is 10.2 Å². The second-order valence-electron chi connectivity index (χ2n) is 7.25. The zero-order valence-electron chi connectivity index (χ0n) is 16.7. The lowest BCUT2D eigenvalue weighted by Gasteiger charge is -2.31. The van der Waals surface area contributed by atoms with Crippen LogP contribution >= 0.6 is 0 Å². The average molecular weight is 393 g/mol. The Morgan fingerprint density at radius 1 is 1.00 bits per heavy atom. The third kappa shape index (κ3) is 5.67. The quantitative estimate of drug-likeness (QED) is 0.791. The Bertz CT molecular complexity index is 859. The maximum Gasteiger partial charge on any atom is 0.253 e. The van der Waals surface area contributed by atoms with Crippen LogP contribution in [-0.4, -0.2) is 35.7 Å². The minimum Gasteiger partial charge on any atom is -0.352 e. The number of benzene rings is 2. The van der Waals surface area contributed by atoms with E-state index >= 15 is 0 Å². The molecule has 29 heavy (non-hydrogen) atoms. The van der Waals surface area contributed by atoms with Gasteiger partial charge >= 0.3 is 0 Å². The first-order valence-corrected chi connectivity index (χ1v) is 10.1. The predicted molar refractivity (Wildman–Crippen MR) is 112 cm³/mol. The van der Waals surface area contributed by atoms with E-state index in [1.165, 1.54) is 0 Å². The molecule has 1 heterocycles.